The van der Waals surface area contributed by atoms with Gasteiger partial charge in [-0.05, 0) is 12.8 Å². The minimum Gasteiger partial charge on any atom is -0.480 e. The van der Waals surface area contributed by atoms with Crippen LogP contribution in [0.15, 0.2) is 0 Å². The number of hydrogen-bond acceptors (Lipinski definition) is 3. The van der Waals surface area contributed by atoms with Gasteiger partial charge >= 0.3 is 5.97 Å². The molecule has 0 radical (unpaired) electrons. The molecular formula is C11H18N2O4. The number of carbonyl (C=O) groups is 3. The molecule has 0 spiro atoms. The number of carbonyl (C=O) groups excluding carboxylic acids is 2. The number of aliphatic carboxylic acids is 1. The second-order valence-corrected chi connectivity index (χ2v) is 4.20. The summed E-state index contributed by atoms with van der Waals surface area (Å²) in [4.78, 5) is 33.5. The summed E-state index contributed by atoms with van der Waals surface area (Å²) in [6.45, 7) is 1.96. The number of carboxylic acid groups (broad SMARTS) is 1. The van der Waals surface area contributed by atoms with Crippen molar-refractivity contribution in [2.75, 3.05) is 0 Å². The SMILES string of the molecule is CCCC[C@@H](NC(=O)[C@@H]1CCC(=O)N1)C(=O)O. The van der Waals surface area contributed by atoms with Crippen molar-refractivity contribution in [2.45, 2.75) is 51.1 Å². The number of carboxylic acids is 1. The van der Waals surface area contributed by atoms with Crippen LogP contribution in [0.3, 0.4) is 0 Å². The molecule has 1 aliphatic heterocycles. The molecular weight excluding hydrogens is 224 g/mol. The van der Waals surface area contributed by atoms with E-state index < -0.39 is 24.0 Å². The molecule has 96 valence electrons. The first-order valence-corrected chi connectivity index (χ1v) is 5.87. The van der Waals surface area contributed by atoms with Crippen molar-refractivity contribution in [1.82, 2.24) is 10.6 Å². The van der Waals surface area contributed by atoms with E-state index in [1.807, 2.05) is 6.92 Å². The van der Waals surface area contributed by atoms with Crippen molar-refractivity contribution in [3.8, 4) is 0 Å². The van der Waals surface area contributed by atoms with Crippen LogP contribution < -0.4 is 10.6 Å². The highest BCUT2D eigenvalue weighted by Gasteiger charge is 2.29. The lowest BCUT2D eigenvalue weighted by molar-refractivity contribution is -0.142. The third kappa shape index (κ3) is 4.05. The topological polar surface area (TPSA) is 95.5 Å². The van der Waals surface area contributed by atoms with Crippen LogP contribution in [0, 0.1) is 0 Å². The van der Waals surface area contributed by atoms with Crippen LogP contribution in [-0.4, -0.2) is 35.0 Å². The first-order chi connectivity index (χ1) is 8.04. The predicted octanol–water partition coefficient (Wildman–Crippen LogP) is 0.0246. The summed E-state index contributed by atoms with van der Waals surface area (Å²) in [6.07, 6.45) is 2.79. The second-order valence-electron chi connectivity index (χ2n) is 4.20. The number of hydrogen-bond donors (Lipinski definition) is 3. The summed E-state index contributed by atoms with van der Waals surface area (Å²) in [5.74, 6) is -1.60. The molecule has 6 nitrogen and oxygen atoms in total. The number of nitrogens with one attached hydrogen (secondary N) is 2. The van der Waals surface area contributed by atoms with Crippen LogP contribution in [0.4, 0.5) is 0 Å². The molecule has 6 heteroatoms. The third-order valence-corrected chi connectivity index (χ3v) is 2.77. The van der Waals surface area contributed by atoms with E-state index >= 15 is 0 Å². The number of amides is 2. The zero-order chi connectivity index (χ0) is 12.8. The maximum Gasteiger partial charge on any atom is 0.326 e. The molecule has 0 aromatic heterocycles. The molecule has 1 aliphatic rings. The van der Waals surface area contributed by atoms with Crippen molar-refractivity contribution in [3.05, 3.63) is 0 Å². The monoisotopic (exact) mass is 242 g/mol. The second kappa shape index (κ2) is 6.22. The van der Waals surface area contributed by atoms with Gasteiger partial charge in [0.2, 0.25) is 11.8 Å². The van der Waals surface area contributed by atoms with E-state index in [4.69, 9.17) is 5.11 Å². The van der Waals surface area contributed by atoms with Gasteiger partial charge in [-0.25, -0.2) is 4.79 Å². The predicted molar refractivity (Wildman–Crippen MR) is 60.3 cm³/mol. The lowest BCUT2D eigenvalue weighted by atomic mass is 10.1. The molecule has 1 fully saturated rings. The summed E-state index contributed by atoms with van der Waals surface area (Å²) in [5.41, 5.74) is 0. The van der Waals surface area contributed by atoms with Crippen LogP contribution in [0.25, 0.3) is 0 Å². The quantitative estimate of drug-likeness (QED) is 0.612. The summed E-state index contributed by atoms with van der Waals surface area (Å²) in [5, 5.41) is 13.9. The van der Waals surface area contributed by atoms with Crippen LogP contribution in [-0.2, 0) is 14.4 Å². The van der Waals surface area contributed by atoms with Gasteiger partial charge in [0, 0.05) is 6.42 Å². The van der Waals surface area contributed by atoms with E-state index in [9.17, 15) is 14.4 Å². The molecule has 1 rings (SSSR count). The van der Waals surface area contributed by atoms with Gasteiger partial charge in [0.1, 0.15) is 12.1 Å². The van der Waals surface area contributed by atoms with Crippen LogP contribution >= 0.6 is 0 Å². The summed E-state index contributed by atoms with van der Waals surface area (Å²) >= 11 is 0. The molecule has 0 aromatic rings. The van der Waals surface area contributed by atoms with E-state index in [1.165, 1.54) is 0 Å². The normalized spacial score (nSPS) is 20.8. The summed E-state index contributed by atoms with van der Waals surface area (Å²) in [6, 6.07) is -1.44. The largest absolute Gasteiger partial charge is 0.480 e. The number of unbranched alkanes of at least 4 members (excludes halogenated alkanes) is 1. The first-order valence-electron chi connectivity index (χ1n) is 5.87. The molecule has 17 heavy (non-hydrogen) atoms. The maximum absolute atomic E-state index is 11.7. The molecule has 0 saturated carbocycles. The van der Waals surface area contributed by atoms with Gasteiger partial charge in [-0.1, -0.05) is 19.8 Å². The lowest BCUT2D eigenvalue weighted by Crippen LogP contribution is -2.48. The standard InChI is InChI=1S/C11H18N2O4/c1-2-3-4-8(11(16)17)13-10(15)7-5-6-9(14)12-7/h7-8H,2-6H2,1H3,(H,12,14)(H,13,15)(H,16,17)/t7-,8+/m0/s1. The van der Waals surface area contributed by atoms with E-state index in [1.54, 1.807) is 0 Å². The highest BCUT2D eigenvalue weighted by molar-refractivity contribution is 5.92. The highest BCUT2D eigenvalue weighted by Crippen LogP contribution is 2.08. The Labute approximate surface area is 99.8 Å². The van der Waals surface area contributed by atoms with E-state index in [-0.39, 0.29) is 5.91 Å². The van der Waals surface area contributed by atoms with Crippen molar-refractivity contribution in [3.63, 3.8) is 0 Å². The van der Waals surface area contributed by atoms with Gasteiger partial charge in [0.25, 0.3) is 0 Å². The van der Waals surface area contributed by atoms with Crippen LogP contribution in [0.2, 0.25) is 0 Å². The molecule has 0 aliphatic carbocycles. The molecule has 1 saturated heterocycles. The fraction of sp³-hybridized carbons (Fsp3) is 0.727. The molecule has 0 aromatic carbocycles. The van der Waals surface area contributed by atoms with E-state index in [2.05, 4.69) is 10.6 Å². The minimum absolute atomic E-state index is 0.161. The Hall–Kier alpha value is -1.59. The zero-order valence-corrected chi connectivity index (χ0v) is 9.86. The Morgan fingerprint density at radius 1 is 1.59 bits per heavy atom. The van der Waals surface area contributed by atoms with Crippen LogP contribution in [0.5, 0.6) is 0 Å². The Balaban J connectivity index is 2.46. The Bertz CT molecular complexity index is 317. The van der Waals surface area contributed by atoms with Crippen molar-refractivity contribution < 1.29 is 19.5 Å². The number of rotatable bonds is 6. The highest BCUT2D eigenvalue weighted by atomic mass is 16.4. The van der Waals surface area contributed by atoms with Crippen molar-refractivity contribution in [2.24, 2.45) is 0 Å². The van der Waals surface area contributed by atoms with Gasteiger partial charge in [0.15, 0.2) is 0 Å². The van der Waals surface area contributed by atoms with Gasteiger partial charge in [-0.3, -0.25) is 9.59 Å². The minimum atomic E-state index is -1.03. The Morgan fingerprint density at radius 2 is 2.29 bits per heavy atom. The van der Waals surface area contributed by atoms with Gasteiger partial charge in [-0.15, -0.1) is 0 Å². The van der Waals surface area contributed by atoms with Crippen molar-refractivity contribution >= 4 is 17.8 Å². The molecule has 1 heterocycles. The first kappa shape index (κ1) is 13.5. The average molecular weight is 242 g/mol. The van der Waals surface area contributed by atoms with Gasteiger partial charge in [-0.2, -0.15) is 0 Å². The summed E-state index contributed by atoms with van der Waals surface area (Å²) in [7, 11) is 0. The molecule has 3 N–H and O–H groups in total. The lowest BCUT2D eigenvalue weighted by Gasteiger charge is -2.17. The van der Waals surface area contributed by atoms with E-state index in [0.29, 0.717) is 19.3 Å². The fourth-order valence-electron chi connectivity index (χ4n) is 1.75. The smallest absolute Gasteiger partial charge is 0.326 e. The molecule has 0 unspecified atom stereocenters. The fourth-order valence-corrected chi connectivity index (χ4v) is 1.75. The summed E-state index contributed by atoms with van der Waals surface area (Å²) < 4.78 is 0. The third-order valence-electron chi connectivity index (χ3n) is 2.77. The van der Waals surface area contributed by atoms with E-state index in [0.717, 1.165) is 12.8 Å². The van der Waals surface area contributed by atoms with Gasteiger partial charge in [0.05, 0.1) is 0 Å². The average Bonchev–Trinajstić information content (AvgIpc) is 2.70. The van der Waals surface area contributed by atoms with Gasteiger partial charge < -0.3 is 15.7 Å². The van der Waals surface area contributed by atoms with Crippen LogP contribution in [0.1, 0.15) is 39.0 Å². The maximum atomic E-state index is 11.7. The Kier molecular flexibility index (Phi) is 4.93. The molecule has 2 amide bonds. The molecule has 2 atom stereocenters. The molecule has 0 bridgehead atoms. The Morgan fingerprint density at radius 3 is 2.76 bits per heavy atom. The van der Waals surface area contributed by atoms with Crippen molar-refractivity contribution in [1.29, 1.82) is 0 Å². The zero-order valence-electron chi connectivity index (χ0n) is 9.86.